The Balaban J connectivity index is 0. The fourth-order valence-corrected chi connectivity index (χ4v) is 0.939. The average molecular weight is 176 g/mol. The number of unbranched alkanes of at least 4 members (excludes halogenated alkanes) is 1. The van der Waals surface area contributed by atoms with E-state index in [0.717, 1.165) is 19.3 Å². The van der Waals surface area contributed by atoms with Gasteiger partial charge in [0.15, 0.2) is 0 Å². The molecule has 0 rings (SSSR count). The minimum atomic E-state index is -0.893. The van der Waals surface area contributed by atoms with Crippen molar-refractivity contribution < 1.29 is 15.7 Å². The summed E-state index contributed by atoms with van der Waals surface area (Å²) >= 11 is 0. The molecule has 0 amide bonds. The SMILES string of the molecule is CCCCC(CC)C(=O)[O-].N[NH3+]. The van der Waals surface area contributed by atoms with Gasteiger partial charge in [-0.15, -0.1) is 0 Å². The van der Waals surface area contributed by atoms with Gasteiger partial charge in [-0.25, -0.2) is 0 Å². The number of hydrogen-bond donors (Lipinski definition) is 2. The van der Waals surface area contributed by atoms with Gasteiger partial charge in [0.05, 0.1) is 0 Å². The standard InChI is InChI=1S/C8H16O2.H4N2/c1-3-5-6-7(4-2)8(9)10;1-2/h7H,3-6H2,1-2H3,(H,9,10);1-2H2. The van der Waals surface area contributed by atoms with E-state index in [-0.39, 0.29) is 5.92 Å². The molecule has 4 heteroatoms. The normalized spacial score (nSPS) is 11.3. The smallest absolute Gasteiger partial charge is 0.0445 e. The Labute approximate surface area is 73.9 Å². The topological polar surface area (TPSA) is 93.8 Å². The van der Waals surface area contributed by atoms with Crippen molar-refractivity contribution in [1.29, 1.82) is 0 Å². The van der Waals surface area contributed by atoms with E-state index in [4.69, 9.17) is 0 Å². The number of hydrogen-bond acceptors (Lipinski definition) is 3. The highest BCUT2D eigenvalue weighted by atomic mass is 16.4. The largest absolute Gasteiger partial charge is 0.550 e. The molecule has 0 radical (unpaired) electrons. The van der Waals surface area contributed by atoms with E-state index in [9.17, 15) is 9.90 Å². The zero-order chi connectivity index (χ0) is 9.98. The minimum Gasteiger partial charge on any atom is -0.550 e. The summed E-state index contributed by atoms with van der Waals surface area (Å²) in [4.78, 5) is 10.3. The maximum absolute atomic E-state index is 10.3. The van der Waals surface area contributed by atoms with Crippen LogP contribution in [0.5, 0.6) is 0 Å². The molecule has 0 aliphatic carbocycles. The Morgan fingerprint density at radius 1 is 1.50 bits per heavy atom. The molecule has 0 bridgehead atoms. The van der Waals surface area contributed by atoms with E-state index in [1.807, 2.05) is 6.92 Å². The Bertz CT molecular complexity index is 107. The predicted molar refractivity (Wildman–Crippen MR) is 45.4 cm³/mol. The van der Waals surface area contributed by atoms with Crippen molar-refractivity contribution >= 4 is 5.97 Å². The number of carboxylic acids is 1. The van der Waals surface area contributed by atoms with Gasteiger partial charge in [0.2, 0.25) is 0 Å². The molecule has 0 aromatic carbocycles. The second-order valence-electron chi connectivity index (χ2n) is 2.57. The molecular formula is C8H20N2O2. The van der Waals surface area contributed by atoms with Gasteiger partial charge in [-0.3, -0.25) is 5.84 Å². The summed E-state index contributed by atoms with van der Waals surface area (Å²) in [5.41, 5.74) is 0. The fraction of sp³-hybridized carbons (Fsp3) is 0.875. The van der Waals surface area contributed by atoms with Gasteiger partial charge in [0.1, 0.15) is 0 Å². The molecule has 74 valence electrons. The van der Waals surface area contributed by atoms with Crippen LogP contribution >= 0.6 is 0 Å². The highest BCUT2D eigenvalue weighted by molar-refractivity contribution is 5.67. The quantitative estimate of drug-likeness (QED) is 0.418. The number of aliphatic carboxylic acids is 1. The highest BCUT2D eigenvalue weighted by Crippen LogP contribution is 2.10. The second kappa shape index (κ2) is 10.4. The van der Waals surface area contributed by atoms with Gasteiger partial charge in [-0.1, -0.05) is 26.7 Å². The van der Waals surface area contributed by atoms with E-state index in [0.29, 0.717) is 6.42 Å². The maximum Gasteiger partial charge on any atom is 0.0445 e. The molecule has 5 N–H and O–H groups in total. The van der Waals surface area contributed by atoms with E-state index in [1.165, 1.54) is 0 Å². The van der Waals surface area contributed by atoms with Crippen LogP contribution in [0.2, 0.25) is 0 Å². The van der Waals surface area contributed by atoms with Crippen LogP contribution in [0.1, 0.15) is 39.5 Å². The zero-order valence-corrected chi connectivity index (χ0v) is 8.01. The van der Waals surface area contributed by atoms with Crippen LogP contribution in [0, 0.1) is 5.92 Å². The van der Waals surface area contributed by atoms with Crippen LogP contribution < -0.4 is 16.8 Å². The number of carbonyl (C=O) groups excluding carboxylic acids is 1. The van der Waals surface area contributed by atoms with Crippen molar-refractivity contribution in [2.75, 3.05) is 0 Å². The number of quaternary nitrogens is 1. The number of carboxylic acid groups (broad SMARTS) is 1. The van der Waals surface area contributed by atoms with Crippen molar-refractivity contribution in [3.05, 3.63) is 0 Å². The third kappa shape index (κ3) is 7.50. The van der Waals surface area contributed by atoms with Crippen LogP contribution in [0.3, 0.4) is 0 Å². The first-order chi connectivity index (χ1) is 5.72. The first-order valence-electron chi connectivity index (χ1n) is 4.34. The summed E-state index contributed by atoms with van der Waals surface area (Å²) in [6, 6.07) is 0. The number of nitrogens with two attached hydrogens (primary N) is 1. The van der Waals surface area contributed by atoms with Crippen molar-refractivity contribution in [2.24, 2.45) is 11.8 Å². The van der Waals surface area contributed by atoms with Gasteiger partial charge >= 0.3 is 0 Å². The lowest BCUT2D eigenvalue weighted by molar-refractivity contribution is -0.379. The monoisotopic (exact) mass is 176 g/mol. The van der Waals surface area contributed by atoms with E-state index < -0.39 is 5.97 Å². The van der Waals surface area contributed by atoms with Crippen molar-refractivity contribution in [3.8, 4) is 0 Å². The first-order valence-corrected chi connectivity index (χ1v) is 4.34. The maximum atomic E-state index is 10.3. The van der Waals surface area contributed by atoms with Gasteiger partial charge in [-0.2, -0.15) is 5.84 Å². The van der Waals surface area contributed by atoms with Gasteiger partial charge in [0.25, 0.3) is 0 Å². The molecule has 0 heterocycles. The Morgan fingerprint density at radius 3 is 2.25 bits per heavy atom. The molecule has 1 unspecified atom stereocenters. The Hall–Kier alpha value is -0.610. The van der Waals surface area contributed by atoms with Crippen LogP contribution in [0.25, 0.3) is 0 Å². The molecule has 0 aliphatic rings. The molecular weight excluding hydrogens is 156 g/mol. The van der Waals surface area contributed by atoms with Crippen LogP contribution in [0.15, 0.2) is 0 Å². The van der Waals surface area contributed by atoms with Gasteiger partial charge < -0.3 is 9.90 Å². The van der Waals surface area contributed by atoms with Crippen LogP contribution in [-0.4, -0.2) is 5.97 Å². The third-order valence-electron chi connectivity index (χ3n) is 1.73. The molecule has 0 saturated carbocycles. The second-order valence-corrected chi connectivity index (χ2v) is 2.57. The summed E-state index contributed by atoms with van der Waals surface area (Å²) in [6.07, 6.45) is 3.52. The third-order valence-corrected chi connectivity index (χ3v) is 1.73. The first kappa shape index (κ1) is 13.9. The van der Waals surface area contributed by atoms with Crippen molar-refractivity contribution in [2.45, 2.75) is 39.5 Å². The summed E-state index contributed by atoms with van der Waals surface area (Å²) in [5.74, 6) is 5.89. The molecule has 1 atom stereocenters. The van der Waals surface area contributed by atoms with Crippen molar-refractivity contribution in [1.82, 2.24) is 0 Å². The van der Waals surface area contributed by atoms with E-state index in [1.54, 1.807) is 0 Å². The predicted octanol–water partition coefficient (Wildman–Crippen LogP) is -0.945. The minimum absolute atomic E-state index is 0.222. The molecule has 12 heavy (non-hydrogen) atoms. The molecule has 0 aliphatic heterocycles. The van der Waals surface area contributed by atoms with Crippen molar-refractivity contribution in [3.63, 3.8) is 0 Å². The highest BCUT2D eigenvalue weighted by Gasteiger charge is 2.04. The summed E-state index contributed by atoms with van der Waals surface area (Å²) < 4.78 is 0. The fourth-order valence-electron chi connectivity index (χ4n) is 0.939. The molecule has 0 fully saturated rings. The van der Waals surface area contributed by atoms with Gasteiger partial charge in [-0.05, 0) is 18.8 Å². The zero-order valence-electron chi connectivity index (χ0n) is 8.01. The van der Waals surface area contributed by atoms with Crippen LogP contribution in [-0.2, 0) is 4.79 Å². The Morgan fingerprint density at radius 2 is 2.00 bits per heavy atom. The molecule has 0 saturated heterocycles. The van der Waals surface area contributed by atoms with E-state index in [2.05, 4.69) is 18.6 Å². The molecule has 0 aromatic rings. The Kier molecular flexibility index (Phi) is 12.1. The number of rotatable bonds is 5. The average Bonchev–Trinajstić information content (AvgIpc) is 2.09. The van der Waals surface area contributed by atoms with E-state index >= 15 is 0 Å². The van der Waals surface area contributed by atoms with Crippen LogP contribution in [0.4, 0.5) is 0 Å². The summed E-state index contributed by atoms with van der Waals surface area (Å²) in [5, 5.41) is 10.3. The lowest BCUT2D eigenvalue weighted by Crippen LogP contribution is -2.59. The molecule has 4 nitrogen and oxygen atoms in total. The molecule has 0 aromatic heterocycles. The lowest BCUT2D eigenvalue weighted by Gasteiger charge is -2.14. The number of carbonyl (C=O) groups is 1. The van der Waals surface area contributed by atoms with Gasteiger partial charge in [0, 0.05) is 5.97 Å². The summed E-state index contributed by atoms with van der Waals surface area (Å²) in [7, 11) is 0. The summed E-state index contributed by atoms with van der Waals surface area (Å²) in [6.45, 7) is 3.94. The molecule has 0 spiro atoms. The lowest BCUT2D eigenvalue weighted by atomic mass is 10.00.